The highest BCUT2D eigenvalue weighted by atomic mass is 32.2. The number of rotatable bonds is 11. The lowest BCUT2D eigenvalue weighted by molar-refractivity contribution is 0.0863. The van der Waals surface area contributed by atoms with Crippen LogP contribution in [-0.4, -0.2) is 59.6 Å². The molecule has 4 rings (SSSR count). The van der Waals surface area contributed by atoms with E-state index in [-0.39, 0.29) is 58.1 Å². The van der Waals surface area contributed by atoms with E-state index in [4.69, 9.17) is 14.2 Å². The van der Waals surface area contributed by atoms with Gasteiger partial charge in [0, 0.05) is 17.8 Å². The second-order valence-corrected chi connectivity index (χ2v) is 12.2. The molecule has 3 heterocycles. The van der Waals surface area contributed by atoms with Gasteiger partial charge < -0.3 is 19.3 Å². The van der Waals surface area contributed by atoms with Crippen LogP contribution < -0.4 is 18.9 Å². The van der Waals surface area contributed by atoms with Crippen LogP contribution in [0.25, 0.3) is 11.6 Å². The van der Waals surface area contributed by atoms with Crippen LogP contribution in [0, 0.1) is 5.41 Å². The molecule has 0 radical (unpaired) electrons. The van der Waals surface area contributed by atoms with Gasteiger partial charge in [-0.3, -0.25) is 9.52 Å². The van der Waals surface area contributed by atoms with Crippen LogP contribution in [0.15, 0.2) is 59.1 Å². The van der Waals surface area contributed by atoms with Crippen LogP contribution in [-0.2, 0) is 10.0 Å². The first-order valence-corrected chi connectivity index (χ1v) is 14.2. The average molecular weight is 586 g/mol. The number of aromatic nitrogens is 4. The molecule has 40 heavy (non-hydrogen) atoms. The maximum Gasteiger partial charge on any atom is 0.272 e. The van der Waals surface area contributed by atoms with Gasteiger partial charge >= 0.3 is 0 Å². The summed E-state index contributed by atoms with van der Waals surface area (Å²) in [5, 5.41) is 9.39. The highest BCUT2D eigenvalue weighted by Crippen LogP contribution is 2.41. The third-order valence-corrected chi connectivity index (χ3v) is 8.11. The number of nitrogens with zero attached hydrogens (tertiary/aromatic N) is 4. The molecule has 3 aromatic heterocycles. The SMILES string of the molecule is COc1ccccc1Oc1c(NS(=O)(=O)c2ccc(C(=O)C(C)(C)C)s2)nc(-c2ncccn2)nc1OCCO. The number of anilines is 1. The van der Waals surface area contributed by atoms with E-state index >= 15 is 0 Å². The summed E-state index contributed by atoms with van der Waals surface area (Å²) in [6.45, 7) is 4.74. The number of methoxy groups -OCH3 is 1. The van der Waals surface area contributed by atoms with Gasteiger partial charge in [0.05, 0.1) is 18.6 Å². The zero-order valence-corrected chi connectivity index (χ0v) is 23.7. The molecule has 0 fully saturated rings. The topological polar surface area (TPSA) is 163 Å². The fraction of sp³-hybridized carbons (Fsp3) is 0.269. The molecule has 0 atom stereocenters. The molecule has 0 aliphatic rings. The van der Waals surface area contributed by atoms with Gasteiger partial charge in [0.1, 0.15) is 10.8 Å². The molecule has 14 heteroatoms. The molecular weight excluding hydrogens is 558 g/mol. The van der Waals surface area contributed by atoms with Gasteiger partial charge in [-0.15, -0.1) is 11.3 Å². The largest absolute Gasteiger partial charge is 0.493 e. The quantitative estimate of drug-likeness (QED) is 0.243. The van der Waals surface area contributed by atoms with Crippen LogP contribution in [0.2, 0.25) is 0 Å². The molecule has 0 saturated heterocycles. The molecule has 210 valence electrons. The Bertz CT molecular complexity index is 1600. The first-order chi connectivity index (χ1) is 19.0. The first-order valence-electron chi connectivity index (χ1n) is 11.9. The van der Waals surface area contributed by atoms with Gasteiger partial charge in [-0.25, -0.2) is 23.4 Å². The summed E-state index contributed by atoms with van der Waals surface area (Å²) in [5.74, 6) is -0.237. The fourth-order valence-electron chi connectivity index (χ4n) is 3.29. The minimum atomic E-state index is -4.27. The summed E-state index contributed by atoms with van der Waals surface area (Å²) in [4.78, 5) is 30.0. The summed E-state index contributed by atoms with van der Waals surface area (Å²) in [7, 11) is -2.82. The Kier molecular flexibility index (Phi) is 8.61. The number of ketones is 1. The second kappa shape index (κ2) is 11.9. The number of benzene rings is 1. The Morgan fingerprint density at radius 1 is 1.00 bits per heavy atom. The van der Waals surface area contributed by atoms with Crippen LogP contribution in [0.1, 0.15) is 30.4 Å². The number of nitrogens with one attached hydrogen (secondary N) is 1. The molecular formula is C26H27N5O7S2. The van der Waals surface area contributed by atoms with Gasteiger partial charge in [0.15, 0.2) is 28.9 Å². The van der Waals surface area contributed by atoms with Crippen molar-refractivity contribution in [3.8, 4) is 34.8 Å². The molecule has 0 aliphatic heterocycles. The summed E-state index contributed by atoms with van der Waals surface area (Å²) < 4.78 is 46.4. The Labute approximate surface area is 235 Å². The van der Waals surface area contributed by atoms with Gasteiger partial charge in [-0.1, -0.05) is 32.9 Å². The molecule has 4 aromatic rings. The maximum absolute atomic E-state index is 13.5. The predicted octanol–water partition coefficient (Wildman–Crippen LogP) is 4.20. The van der Waals surface area contributed by atoms with Crippen molar-refractivity contribution in [3.63, 3.8) is 0 Å². The molecule has 0 saturated carbocycles. The van der Waals surface area contributed by atoms with Gasteiger partial charge in [-0.05, 0) is 30.3 Å². The third-order valence-electron chi connectivity index (χ3n) is 5.19. The lowest BCUT2D eigenvalue weighted by atomic mass is 9.90. The van der Waals surface area contributed by atoms with E-state index in [1.807, 2.05) is 0 Å². The second-order valence-electron chi connectivity index (χ2n) is 9.23. The molecule has 0 spiro atoms. The van der Waals surface area contributed by atoms with Crippen LogP contribution in [0.5, 0.6) is 23.1 Å². The minimum absolute atomic E-state index is 0.0617. The summed E-state index contributed by atoms with van der Waals surface area (Å²) in [5.41, 5.74) is -0.689. The standard InChI is InChI=1S/C26H27N5O7S2/c1-26(2,3)21(33)18-10-11-19(39-18)40(34,35)31-22-20(38-17-9-6-5-8-16(17)36-4)25(37-15-14-32)30-24(29-22)23-27-12-7-13-28-23/h5-13,32H,14-15H2,1-4H3,(H,29,30,31). The monoisotopic (exact) mass is 585 g/mol. The number of carbonyl (C=O) groups excluding carboxylic acids is 1. The van der Waals surface area contributed by atoms with Crippen molar-refractivity contribution in [2.45, 2.75) is 25.0 Å². The van der Waals surface area contributed by atoms with Crippen molar-refractivity contribution >= 4 is 33.0 Å². The Morgan fingerprint density at radius 2 is 1.70 bits per heavy atom. The van der Waals surface area contributed by atoms with E-state index in [1.165, 1.54) is 31.6 Å². The van der Waals surface area contributed by atoms with E-state index in [9.17, 15) is 18.3 Å². The van der Waals surface area contributed by atoms with Crippen molar-refractivity contribution in [1.82, 2.24) is 19.9 Å². The number of hydrogen-bond donors (Lipinski definition) is 2. The molecule has 1 aromatic carbocycles. The number of hydrogen-bond acceptors (Lipinski definition) is 12. The highest BCUT2D eigenvalue weighted by Gasteiger charge is 2.29. The van der Waals surface area contributed by atoms with E-state index in [0.29, 0.717) is 10.6 Å². The zero-order chi connectivity index (χ0) is 28.9. The lowest BCUT2D eigenvalue weighted by Gasteiger charge is -2.17. The predicted molar refractivity (Wildman–Crippen MR) is 148 cm³/mol. The van der Waals surface area contributed by atoms with Crippen LogP contribution in [0.4, 0.5) is 5.82 Å². The van der Waals surface area contributed by atoms with Crippen molar-refractivity contribution in [3.05, 3.63) is 59.7 Å². The molecule has 0 bridgehead atoms. The van der Waals surface area contributed by atoms with Crippen molar-refractivity contribution in [1.29, 1.82) is 0 Å². The average Bonchev–Trinajstić information content (AvgIpc) is 3.44. The van der Waals surface area contributed by atoms with E-state index in [2.05, 4.69) is 24.7 Å². The number of thiophene rings is 1. The normalized spacial score (nSPS) is 11.6. The van der Waals surface area contributed by atoms with E-state index in [1.54, 1.807) is 51.1 Å². The molecule has 2 N–H and O–H groups in total. The molecule has 0 unspecified atom stereocenters. The maximum atomic E-state index is 13.5. The number of sulfonamides is 1. The molecule has 0 aliphatic carbocycles. The van der Waals surface area contributed by atoms with Crippen molar-refractivity contribution in [2.75, 3.05) is 25.0 Å². The van der Waals surface area contributed by atoms with Gasteiger partial charge in [-0.2, -0.15) is 4.98 Å². The number of aliphatic hydroxyl groups is 1. The number of ether oxygens (including phenoxy) is 3. The fourth-order valence-corrected chi connectivity index (χ4v) is 5.75. The van der Waals surface area contributed by atoms with Crippen molar-refractivity contribution in [2.24, 2.45) is 5.41 Å². The van der Waals surface area contributed by atoms with E-state index < -0.39 is 15.4 Å². The number of carbonyl (C=O) groups is 1. The Balaban J connectivity index is 1.85. The summed E-state index contributed by atoms with van der Waals surface area (Å²) in [6, 6.07) is 11.1. The van der Waals surface area contributed by atoms with Crippen LogP contribution >= 0.6 is 11.3 Å². The summed E-state index contributed by atoms with van der Waals surface area (Å²) >= 11 is 0.835. The number of para-hydroxylation sites is 2. The third kappa shape index (κ3) is 6.52. The highest BCUT2D eigenvalue weighted by molar-refractivity contribution is 7.94. The smallest absolute Gasteiger partial charge is 0.272 e. The van der Waals surface area contributed by atoms with Crippen LogP contribution in [0.3, 0.4) is 0 Å². The first kappa shape index (κ1) is 28.9. The lowest BCUT2D eigenvalue weighted by Crippen LogP contribution is -2.19. The molecule has 12 nitrogen and oxygen atoms in total. The van der Waals surface area contributed by atoms with Crippen molar-refractivity contribution < 1.29 is 32.5 Å². The molecule has 0 amide bonds. The van der Waals surface area contributed by atoms with Gasteiger partial charge in [0.25, 0.3) is 15.9 Å². The Hall–Kier alpha value is -4.14. The number of aliphatic hydroxyl groups excluding tert-OH is 1. The zero-order valence-electron chi connectivity index (χ0n) is 22.1. The van der Waals surface area contributed by atoms with Gasteiger partial charge in [0.2, 0.25) is 11.6 Å². The minimum Gasteiger partial charge on any atom is -0.493 e. The van der Waals surface area contributed by atoms with E-state index in [0.717, 1.165) is 11.3 Å². The Morgan fingerprint density at radius 3 is 2.35 bits per heavy atom. The summed E-state index contributed by atoms with van der Waals surface area (Å²) in [6.07, 6.45) is 2.95. The number of Topliss-reactive ketones (excluding diaryl/α,β-unsaturated/α-hetero) is 1.